The monoisotopic (exact) mass is 492 g/mol. The molecular formula is C25H25FN6O4. The highest BCUT2D eigenvalue weighted by Crippen LogP contribution is 2.38. The summed E-state index contributed by atoms with van der Waals surface area (Å²) in [6.07, 6.45) is 7.97. The minimum Gasteiger partial charge on any atom is -0.477 e. The summed E-state index contributed by atoms with van der Waals surface area (Å²) in [5.41, 5.74) is 3.21. The maximum absolute atomic E-state index is 15.1. The number of piperazine rings is 1. The van der Waals surface area contributed by atoms with Crippen LogP contribution >= 0.6 is 0 Å². The molecule has 1 aliphatic carbocycles. The summed E-state index contributed by atoms with van der Waals surface area (Å²) in [6.45, 7) is 2.26. The van der Waals surface area contributed by atoms with Crippen LogP contribution in [-0.4, -0.2) is 70.4 Å². The second-order valence-corrected chi connectivity index (χ2v) is 8.97. The molecule has 0 spiro atoms. The molecule has 2 N–H and O–H groups in total. The molecule has 186 valence electrons. The first-order valence-corrected chi connectivity index (χ1v) is 11.7. The number of carbonyl (C=O) groups is 2. The van der Waals surface area contributed by atoms with Gasteiger partial charge in [-0.3, -0.25) is 19.5 Å². The fourth-order valence-electron chi connectivity index (χ4n) is 4.42. The number of rotatable bonds is 7. The number of hydrogen-bond acceptors (Lipinski definition) is 7. The van der Waals surface area contributed by atoms with E-state index < -0.39 is 17.2 Å². The number of pyridine rings is 2. The summed E-state index contributed by atoms with van der Waals surface area (Å²) in [5.74, 6) is -2.13. The molecule has 1 saturated heterocycles. The Bertz CT molecular complexity index is 1400. The van der Waals surface area contributed by atoms with Crippen LogP contribution in [-0.2, 0) is 4.79 Å². The van der Waals surface area contributed by atoms with Gasteiger partial charge in [-0.05, 0) is 42.7 Å². The van der Waals surface area contributed by atoms with Gasteiger partial charge in [0.25, 0.3) is 5.91 Å². The van der Waals surface area contributed by atoms with Crippen LogP contribution in [0.25, 0.3) is 10.9 Å². The van der Waals surface area contributed by atoms with Crippen molar-refractivity contribution < 1.29 is 19.1 Å². The van der Waals surface area contributed by atoms with Gasteiger partial charge < -0.3 is 14.6 Å². The van der Waals surface area contributed by atoms with Crippen LogP contribution in [0.1, 0.15) is 34.8 Å². The van der Waals surface area contributed by atoms with Gasteiger partial charge in [0, 0.05) is 56.2 Å². The van der Waals surface area contributed by atoms with Crippen molar-refractivity contribution in [1.29, 1.82) is 0 Å². The number of fused-ring (bicyclic) bond motifs is 1. The largest absolute Gasteiger partial charge is 0.477 e. The second kappa shape index (κ2) is 9.86. The topological polar surface area (TPSA) is 120 Å². The third-order valence-electron chi connectivity index (χ3n) is 6.46. The van der Waals surface area contributed by atoms with E-state index in [4.69, 9.17) is 0 Å². The lowest BCUT2D eigenvalue weighted by Crippen LogP contribution is -2.49. The van der Waals surface area contributed by atoms with Crippen molar-refractivity contribution in [2.24, 2.45) is 5.10 Å². The smallest absolute Gasteiger partial charge is 0.341 e. The minimum absolute atomic E-state index is 0.0747. The number of hydrogen-bond donors (Lipinski definition) is 2. The molecule has 0 radical (unpaired) electrons. The maximum Gasteiger partial charge on any atom is 0.341 e. The van der Waals surface area contributed by atoms with Gasteiger partial charge in [-0.25, -0.2) is 14.6 Å². The Morgan fingerprint density at radius 2 is 1.89 bits per heavy atom. The molecule has 2 aromatic heterocycles. The summed E-state index contributed by atoms with van der Waals surface area (Å²) in [7, 11) is 0. The Labute approximate surface area is 205 Å². The predicted molar refractivity (Wildman–Crippen MR) is 132 cm³/mol. The Hall–Kier alpha value is -4.12. The van der Waals surface area contributed by atoms with E-state index in [2.05, 4.69) is 15.5 Å². The van der Waals surface area contributed by atoms with Crippen molar-refractivity contribution >= 4 is 34.7 Å². The van der Waals surface area contributed by atoms with E-state index in [0.29, 0.717) is 37.4 Å². The second-order valence-electron chi connectivity index (χ2n) is 8.97. The normalized spacial score (nSPS) is 16.5. The van der Waals surface area contributed by atoms with Gasteiger partial charge in [0.05, 0.1) is 24.0 Å². The Kier molecular flexibility index (Phi) is 6.47. The summed E-state index contributed by atoms with van der Waals surface area (Å²) >= 11 is 0. The van der Waals surface area contributed by atoms with Gasteiger partial charge in [0.15, 0.2) is 0 Å². The molecule has 1 saturated carbocycles. The predicted octanol–water partition coefficient (Wildman–Crippen LogP) is 1.84. The van der Waals surface area contributed by atoms with Crippen LogP contribution < -0.4 is 15.8 Å². The maximum atomic E-state index is 15.1. The number of carboxylic acid groups (broad SMARTS) is 1. The lowest BCUT2D eigenvalue weighted by molar-refractivity contribution is -0.122. The number of aromatic nitrogens is 2. The molecule has 36 heavy (non-hydrogen) atoms. The molecule has 5 rings (SSSR count). The van der Waals surface area contributed by atoms with Crippen molar-refractivity contribution in [1.82, 2.24) is 19.9 Å². The van der Waals surface area contributed by atoms with Crippen molar-refractivity contribution in [3.63, 3.8) is 0 Å². The molecule has 3 heterocycles. The van der Waals surface area contributed by atoms with E-state index in [1.54, 1.807) is 41.4 Å². The first-order valence-electron chi connectivity index (χ1n) is 11.7. The molecular weight excluding hydrogens is 467 g/mol. The molecule has 3 aromatic rings. The number of benzene rings is 1. The standard InChI is InChI=1S/C25H25FN6O4/c26-20-11-18-21(32(17-1-2-17)14-19(24(18)34)25(35)36)12-22(20)31-9-7-30(8-10-31)15-23(33)29-28-13-16-3-5-27-6-4-16/h3-6,11-14,17H,1-2,7-10,15H2,(H,29,33)(H,35,36)/b28-13+. The van der Waals surface area contributed by atoms with Crippen molar-refractivity contribution in [3.05, 3.63) is 70.0 Å². The van der Waals surface area contributed by atoms with Crippen LogP contribution in [0, 0.1) is 5.82 Å². The molecule has 0 unspecified atom stereocenters. The number of carboxylic acids is 1. The number of carbonyl (C=O) groups excluding carboxylic acids is 1. The first-order chi connectivity index (χ1) is 17.4. The molecule has 1 aromatic carbocycles. The van der Waals surface area contributed by atoms with Crippen LogP contribution in [0.2, 0.25) is 0 Å². The van der Waals surface area contributed by atoms with Gasteiger partial charge in [-0.1, -0.05) is 0 Å². The Balaban J connectivity index is 1.26. The van der Waals surface area contributed by atoms with E-state index in [1.807, 2.05) is 9.80 Å². The summed E-state index contributed by atoms with van der Waals surface area (Å²) in [6, 6.07) is 6.46. The number of amides is 1. The van der Waals surface area contributed by atoms with Gasteiger partial charge in [0.2, 0.25) is 5.43 Å². The average Bonchev–Trinajstić information content (AvgIpc) is 3.71. The van der Waals surface area contributed by atoms with Gasteiger partial charge in [0.1, 0.15) is 11.4 Å². The highest BCUT2D eigenvalue weighted by Gasteiger charge is 2.28. The third-order valence-corrected chi connectivity index (χ3v) is 6.46. The van der Waals surface area contributed by atoms with E-state index >= 15 is 4.39 Å². The molecule has 0 bridgehead atoms. The van der Waals surface area contributed by atoms with Crippen LogP contribution in [0.3, 0.4) is 0 Å². The van der Waals surface area contributed by atoms with Crippen LogP contribution in [0.5, 0.6) is 0 Å². The SMILES string of the molecule is O=C(CN1CCN(c2cc3c(cc2F)c(=O)c(C(=O)O)cn3C2CC2)CC1)N/N=C/c1ccncc1. The van der Waals surface area contributed by atoms with Crippen LogP contribution in [0.4, 0.5) is 10.1 Å². The molecule has 1 amide bonds. The molecule has 0 atom stereocenters. The Morgan fingerprint density at radius 1 is 1.17 bits per heavy atom. The number of nitrogens with one attached hydrogen (secondary N) is 1. The average molecular weight is 493 g/mol. The van der Waals surface area contributed by atoms with E-state index in [1.165, 1.54) is 6.20 Å². The van der Waals surface area contributed by atoms with Crippen molar-refractivity contribution in [2.45, 2.75) is 18.9 Å². The number of halogens is 1. The molecule has 2 fully saturated rings. The summed E-state index contributed by atoms with van der Waals surface area (Å²) < 4.78 is 16.9. The zero-order valence-corrected chi connectivity index (χ0v) is 19.4. The van der Waals surface area contributed by atoms with Crippen LogP contribution in [0.15, 0.2) is 52.8 Å². The zero-order chi connectivity index (χ0) is 25.2. The zero-order valence-electron chi connectivity index (χ0n) is 19.4. The van der Waals surface area contributed by atoms with E-state index in [-0.39, 0.29) is 29.4 Å². The first kappa shape index (κ1) is 23.6. The minimum atomic E-state index is -1.32. The van der Waals surface area contributed by atoms with Gasteiger partial charge in [-0.2, -0.15) is 5.10 Å². The molecule has 11 heteroatoms. The number of nitrogens with zero attached hydrogens (tertiary/aromatic N) is 5. The molecule has 10 nitrogen and oxygen atoms in total. The third kappa shape index (κ3) is 4.96. The van der Waals surface area contributed by atoms with Crippen molar-refractivity contribution in [2.75, 3.05) is 37.6 Å². The fourth-order valence-corrected chi connectivity index (χ4v) is 4.42. The number of aromatic carboxylic acids is 1. The van der Waals surface area contributed by atoms with Gasteiger partial charge in [-0.15, -0.1) is 0 Å². The van der Waals surface area contributed by atoms with E-state index in [0.717, 1.165) is 24.5 Å². The highest BCUT2D eigenvalue weighted by atomic mass is 19.1. The van der Waals surface area contributed by atoms with E-state index in [9.17, 15) is 19.5 Å². The van der Waals surface area contributed by atoms with Gasteiger partial charge >= 0.3 is 5.97 Å². The quantitative estimate of drug-likeness (QED) is 0.381. The fraction of sp³-hybridized carbons (Fsp3) is 0.320. The number of hydrazone groups is 1. The lowest BCUT2D eigenvalue weighted by Gasteiger charge is -2.36. The van der Waals surface area contributed by atoms with Crippen molar-refractivity contribution in [3.8, 4) is 0 Å². The highest BCUT2D eigenvalue weighted by molar-refractivity contribution is 5.93. The summed E-state index contributed by atoms with van der Waals surface area (Å²) in [5, 5.41) is 13.4. The molecule has 1 aliphatic heterocycles. The number of anilines is 1. The lowest BCUT2D eigenvalue weighted by atomic mass is 10.1. The summed E-state index contributed by atoms with van der Waals surface area (Å²) in [4.78, 5) is 44.2. The Morgan fingerprint density at radius 3 is 2.56 bits per heavy atom. The molecule has 2 aliphatic rings.